The van der Waals surface area contributed by atoms with Gasteiger partial charge in [0.1, 0.15) is 0 Å². The molecular formula is C11H13N5. The molecule has 0 aliphatic rings. The predicted molar refractivity (Wildman–Crippen MR) is 64.3 cm³/mol. The Labute approximate surface area is 93.7 Å². The van der Waals surface area contributed by atoms with E-state index in [1.807, 2.05) is 25.1 Å². The summed E-state index contributed by atoms with van der Waals surface area (Å²) in [6, 6.07) is 7.56. The van der Waals surface area contributed by atoms with Gasteiger partial charge in [0.25, 0.3) is 0 Å². The molecule has 0 unspecified atom stereocenters. The number of anilines is 3. The van der Waals surface area contributed by atoms with Gasteiger partial charge in [-0.25, -0.2) is 9.97 Å². The van der Waals surface area contributed by atoms with E-state index in [-0.39, 0.29) is 0 Å². The number of nitrogens with two attached hydrogens (primary N) is 1. The summed E-state index contributed by atoms with van der Waals surface area (Å²) in [4.78, 5) is 8.19. The van der Waals surface area contributed by atoms with Gasteiger partial charge in [-0.1, -0.05) is 6.07 Å². The molecule has 0 bridgehead atoms. The molecule has 1 aromatic heterocycles. The summed E-state index contributed by atoms with van der Waals surface area (Å²) in [7, 11) is 0. The van der Waals surface area contributed by atoms with Crippen LogP contribution in [0.3, 0.4) is 0 Å². The third-order valence-electron chi connectivity index (χ3n) is 2.22. The Bertz CT molecular complexity index is 469. The first-order valence-electron chi connectivity index (χ1n) is 4.91. The van der Waals surface area contributed by atoms with Crippen molar-refractivity contribution in [3.05, 3.63) is 42.2 Å². The zero-order chi connectivity index (χ0) is 11.4. The van der Waals surface area contributed by atoms with E-state index in [0.717, 1.165) is 16.9 Å². The van der Waals surface area contributed by atoms with Gasteiger partial charge in [-0.15, -0.1) is 0 Å². The molecule has 0 aliphatic heterocycles. The average molecular weight is 215 g/mol. The molecule has 0 amide bonds. The fraction of sp³-hybridized carbons (Fsp3) is 0.0909. The third kappa shape index (κ3) is 2.26. The number of rotatable bonds is 3. The second kappa shape index (κ2) is 4.59. The van der Waals surface area contributed by atoms with E-state index < -0.39 is 0 Å². The van der Waals surface area contributed by atoms with Crippen LogP contribution in [0.1, 0.15) is 5.56 Å². The van der Waals surface area contributed by atoms with Gasteiger partial charge in [-0.05, 0) is 30.7 Å². The fourth-order valence-electron chi connectivity index (χ4n) is 1.33. The van der Waals surface area contributed by atoms with E-state index in [0.29, 0.717) is 5.95 Å². The maximum Gasteiger partial charge on any atom is 0.227 e. The number of aryl methyl sites for hydroxylation is 1. The Kier molecular flexibility index (Phi) is 2.98. The molecule has 2 rings (SSSR count). The lowest BCUT2D eigenvalue weighted by atomic mass is 10.2. The molecule has 0 atom stereocenters. The summed E-state index contributed by atoms with van der Waals surface area (Å²) in [5.41, 5.74) is 5.47. The lowest BCUT2D eigenvalue weighted by Crippen LogP contribution is -2.07. The van der Waals surface area contributed by atoms with Gasteiger partial charge in [0.05, 0.1) is 5.69 Å². The standard InChI is InChI=1S/C11H13N5/c1-8-3-4-9(16-12)7-10(8)15-11-13-5-2-6-14-11/h2-7,16H,12H2,1H3,(H,13,14,15). The van der Waals surface area contributed by atoms with Gasteiger partial charge in [0.2, 0.25) is 5.95 Å². The molecule has 5 heteroatoms. The van der Waals surface area contributed by atoms with E-state index in [4.69, 9.17) is 5.84 Å². The molecule has 0 radical (unpaired) electrons. The lowest BCUT2D eigenvalue weighted by molar-refractivity contribution is 1.16. The maximum atomic E-state index is 5.35. The molecule has 0 saturated carbocycles. The van der Waals surface area contributed by atoms with Gasteiger partial charge in [0, 0.05) is 18.1 Å². The Morgan fingerprint density at radius 3 is 2.62 bits per heavy atom. The predicted octanol–water partition coefficient (Wildman–Crippen LogP) is 1.81. The zero-order valence-electron chi connectivity index (χ0n) is 8.94. The number of nitrogen functional groups attached to an aromatic ring is 1. The van der Waals surface area contributed by atoms with Crippen LogP contribution in [0.2, 0.25) is 0 Å². The summed E-state index contributed by atoms with van der Waals surface area (Å²) in [5, 5.41) is 3.13. The summed E-state index contributed by atoms with van der Waals surface area (Å²) >= 11 is 0. The van der Waals surface area contributed by atoms with E-state index in [9.17, 15) is 0 Å². The summed E-state index contributed by atoms with van der Waals surface area (Å²) < 4.78 is 0. The largest absolute Gasteiger partial charge is 0.324 e. The van der Waals surface area contributed by atoms with Gasteiger partial charge >= 0.3 is 0 Å². The van der Waals surface area contributed by atoms with Crippen molar-refractivity contribution in [2.45, 2.75) is 6.92 Å². The third-order valence-corrected chi connectivity index (χ3v) is 2.22. The van der Waals surface area contributed by atoms with Crippen LogP contribution in [0.15, 0.2) is 36.7 Å². The molecule has 0 saturated heterocycles. The monoisotopic (exact) mass is 215 g/mol. The van der Waals surface area contributed by atoms with Crippen molar-refractivity contribution in [2.24, 2.45) is 5.84 Å². The molecular weight excluding hydrogens is 202 g/mol. The highest BCUT2D eigenvalue weighted by molar-refractivity contribution is 5.64. The van der Waals surface area contributed by atoms with Gasteiger partial charge < -0.3 is 10.7 Å². The van der Waals surface area contributed by atoms with E-state index in [1.165, 1.54) is 0 Å². The SMILES string of the molecule is Cc1ccc(NN)cc1Nc1ncccn1. The normalized spacial score (nSPS) is 9.88. The first kappa shape index (κ1) is 10.4. The minimum absolute atomic E-state index is 0.569. The number of benzene rings is 1. The van der Waals surface area contributed by atoms with E-state index in [1.54, 1.807) is 18.5 Å². The molecule has 0 spiro atoms. The number of hydrazine groups is 1. The second-order valence-corrected chi connectivity index (χ2v) is 3.37. The highest BCUT2D eigenvalue weighted by Gasteiger charge is 2.01. The second-order valence-electron chi connectivity index (χ2n) is 3.37. The molecule has 4 N–H and O–H groups in total. The highest BCUT2D eigenvalue weighted by atomic mass is 15.2. The minimum atomic E-state index is 0.569. The van der Waals surface area contributed by atoms with Crippen LogP contribution in [0.25, 0.3) is 0 Å². The first-order valence-corrected chi connectivity index (χ1v) is 4.91. The summed E-state index contributed by atoms with van der Waals surface area (Å²) in [6.07, 6.45) is 3.38. The molecule has 1 aromatic carbocycles. The van der Waals surface area contributed by atoms with Crippen LogP contribution in [0.4, 0.5) is 17.3 Å². The Hall–Kier alpha value is -2.14. The Balaban J connectivity index is 2.27. The molecule has 1 heterocycles. The van der Waals surface area contributed by atoms with Crippen molar-refractivity contribution in [2.75, 3.05) is 10.7 Å². The summed E-state index contributed by atoms with van der Waals surface area (Å²) in [6.45, 7) is 2.01. The van der Waals surface area contributed by atoms with E-state index >= 15 is 0 Å². The van der Waals surface area contributed by atoms with Crippen LogP contribution in [0, 0.1) is 6.92 Å². The smallest absolute Gasteiger partial charge is 0.227 e. The first-order chi connectivity index (χ1) is 7.79. The number of hydrogen-bond acceptors (Lipinski definition) is 5. The fourth-order valence-corrected chi connectivity index (χ4v) is 1.33. The van der Waals surface area contributed by atoms with Crippen molar-refractivity contribution in [1.29, 1.82) is 0 Å². The topological polar surface area (TPSA) is 75.9 Å². The van der Waals surface area contributed by atoms with Gasteiger partial charge in [-0.2, -0.15) is 0 Å². The highest BCUT2D eigenvalue weighted by Crippen LogP contribution is 2.21. The number of nitrogens with zero attached hydrogens (tertiary/aromatic N) is 2. The average Bonchev–Trinajstić information content (AvgIpc) is 2.33. The van der Waals surface area contributed by atoms with E-state index in [2.05, 4.69) is 20.7 Å². The van der Waals surface area contributed by atoms with Crippen molar-refractivity contribution < 1.29 is 0 Å². The Morgan fingerprint density at radius 2 is 1.94 bits per heavy atom. The summed E-state index contributed by atoms with van der Waals surface area (Å²) in [5.74, 6) is 5.92. The lowest BCUT2D eigenvalue weighted by Gasteiger charge is -2.09. The zero-order valence-corrected chi connectivity index (χ0v) is 8.94. The molecule has 0 aliphatic carbocycles. The van der Waals surface area contributed by atoms with Gasteiger partial charge in [-0.3, -0.25) is 5.84 Å². The Morgan fingerprint density at radius 1 is 1.19 bits per heavy atom. The van der Waals surface area contributed by atoms with Crippen LogP contribution in [0.5, 0.6) is 0 Å². The van der Waals surface area contributed by atoms with Crippen LogP contribution >= 0.6 is 0 Å². The number of nitrogens with one attached hydrogen (secondary N) is 2. The van der Waals surface area contributed by atoms with Gasteiger partial charge in [0.15, 0.2) is 0 Å². The van der Waals surface area contributed by atoms with Crippen molar-refractivity contribution >= 4 is 17.3 Å². The van der Waals surface area contributed by atoms with Crippen LogP contribution in [-0.4, -0.2) is 9.97 Å². The van der Waals surface area contributed by atoms with Crippen LogP contribution < -0.4 is 16.6 Å². The molecule has 0 fully saturated rings. The van der Waals surface area contributed by atoms with Crippen molar-refractivity contribution in [3.8, 4) is 0 Å². The van der Waals surface area contributed by atoms with Crippen molar-refractivity contribution in [1.82, 2.24) is 9.97 Å². The molecule has 82 valence electrons. The molecule has 2 aromatic rings. The molecule has 5 nitrogen and oxygen atoms in total. The number of aromatic nitrogens is 2. The number of hydrogen-bond donors (Lipinski definition) is 3. The molecule has 16 heavy (non-hydrogen) atoms. The quantitative estimate of drug-likeness (QED) is 0.537. The maximum absolute atomic E-state index is 5.35. The van der Waals surface area contributed by atoms with Crippen molar-refractivity contribution in [3.63, 3.8) is 0 Å². The van der Waals surface area contributed by atoms with Crippen LogP contribution in [-0.2, 0) is 0 Å². The minimum Gasteiger partial charge on any atom is -0.324 e.